The van der Waals surface area contributed by atoms with Gasteiger partial charge in [0.25, 0.3) is 0 Å². The Morgan fingerprint density at radius 2 is 1.40 bits per heavy atom. The number of esters is 1. The molecule has 1 saturated heterocycles. The Morgan fingerprint density at radius 1 is 0.825 bits per heavy atom. The minimum Gasteiger partial charge on any atom is -0.467 e. The lowest BCUT2D eigenvalue weighted by Crippen LogP contribution is -2.27. The standard InChI is InChI=1S/C30H41F3O7/c31-30(32,33)27-13-25(40-29(34)23-7-3-21(4-8-23)15-35-14-20-1-2-20)11-12-28(27)39-19-38-24-9-5-22(6-10-24)16-36-17-26-18-37-26/h11-13,20-24,26H,1-10,14-19H2. The molecule has 4 fully saturated rings. The number of halogens is 3. The van der Waals surface area contributed by atoms with Gasteiger partial charge in [0.15, 0.2) is 6.79 Å². The van der Waals surface area contributed by atoms with Crippen LogP contribution in [-0.4, -0.2) is 58.0 Å². The maximum atomic E-state index is 13.8. The van der Waals surface area contributed by atoms with Crippen LogP contribution in [0.1, 0.15) is 69.8 Å². The number of alkyl halides is 3. The van der Waals surface area contributed by atoms with Crippen LogP contribution in [0, 0.1) is 23.7 Å². The fraction of sp³-hybridized carbons (Fsp3) is 0.767. The molecule has 3 aliphatic carbocycles. The van der Waals surface area contributed by atoms with E-state index in [1.54, 1.807) is 0 Å². The summed E-state index contributed by atoms with van der Waals surface area (Å²) in [7, 11) is 0. The first-order chi connectivity index (χ1) is 19.3. The molecule has 0 N–H and O–H groups in total. The quantitative estimate of drug-likeness (QED) is 0.115. The van der Waals surface area contributed by atoms with E-state index >= 15 is 0 Å². The summed E-state index contributed by atoms with van der Waals surface area (Å²) in [5.41, 5.74) is -0.988. The Kier molecular flexibility index (Phi) is 10.3. The second-order valence-electron chi connectivity index (χ2n) is 11.8. The van der Waals surface area contributed by atoms with E-state index in [-0.39, 0.29) is 36.4 Å². The second-order valence-corrected chi connectivity index (χ2v) is 11.8. The Balaban J connectivity index is 1.04. The highest BCUT2D eigenvalue weighted by Gasteiger charge is 2.36. The maximum Gasteiger partial charge on any atom is 0.420 e. The SMILES string of the molecule is O=C(Oc1ccc(OCOC2CCC(COCC3CO3)CC2)c(C(F)(F)F)c1)C1CCC(COCC2CC2)CC1. The van der Waals surface area contributed by atoms with Crippen molar-refractivity contribution in [3.05, 3.63) is 23.8 Å². The number of benzene rings is 1. The minimum atomic E-state index is -4.67. The van der Waals surface area contributed by atoms with E-state index in [4.69, 9.17) is 28.4 Å². The normalized spacial score (nSPS) is 28.7. The zero-order chi connectivity index (χ0) is 28.0. The third-order valence-corrected chi connectivity index (χ3v) is 8.43. The van der Waals surface area contributed by atoms with Crippen molar-refractivity contribution in [1.29, 1.82) is 0 Å². The summed E-state index contributed by atoms with van der Waals surface area (Å²) in [4.78, 5) is 12.7. The topological polar surface area (TPSA) is 75.8 Å². The van der Waals surface area contributed by atoms with E-state index in [0.29, 0.717) is 44.5 Å². The molecule has 0 aromatic heterocycles. The van der Waals surface area contributed by atoms with E-state index in [1.807, 2.05) is 0 Å². The van der Waals surface area contributed by atoms with Gasteiger partial charge < -0.3 is 28.4 Å². The van der Waals surface area contributed by atoms with Crippen molar-refractivity contribution in [2.75, 3.05) is 39.8 Å². The Morgan fingerprint density at radius 3 is 1.98 bits per heavy atom. The molecule has 224 valence electrons. The van der Waals surface area contributed by atoms with Gasteiger partial charge in [-0.05, 0) is 100 Å². The van der Waals surface area contributed by atoms with Gasteiger partial charge in [0, 0.05) is 19.8 Å². The molecule has 1 unspecified atom stereocenters. The van der Waals surface area contributed by atoms with Crippen LogP contribution in [0.5, 0.6) is 11.5 Å². The molecule has 0 spiro atoms. The number of carbonyl (C=O) groups excluding carboxylic acids is 1. The third-order valence-electron chi connectivity index (χ3n) is 8.43. The smallest absolute Gasteiger partial charge is 0.420 e. The first kappa shape index (κ1) is 29.6. The summed E-state index contributed by atoms with van der Waals surface area (Å²) in [6.07, 6.45) is 4.59. The molecule has 0 radical (unpaired) electrons. The molecule has 3 saturated carbocycles. The van der Waals surface area contributed by atoms with Crippen LogP contribution >= 0.6 is 0 Å². The van der Waals surface area contributed by atoms with Crippen LogP contribution < -0.4 is 9.47 Å². The van der Waals surface area contributed by atoms with Crippen LogP contribution in [-0.2, 0) is 29.9 Å². The average molecular weight is 571 g/mol. The predicted octanol–water partition coefficient (Wildman–Crippen LogP) is 6.17. The highest BCUT2D eigenvalue weighted by molar-refractivity contribution is 5.75. The molecule has 0 bridgehead atoms. The zero-order valence-electron chi connectivity index (χ0n) is 23.0. The molecular weight excluding hydrogens is 529 g/mol. The Bertz CT molecular complexity index is 947. The largest absolute Gasteiger partial charge is 0.467 e. The van der Waals surface area contributed by atoms with Crippen molar-refractivity contribution in [2.45, 2.75) is 82.6 Å². The van der Waals surface area contributed by atoms with Crippen LogP contribution in [0.4, 0.5) is 13.2 Å². The summed E-state index contributed by atoms with van der Waals surface area (Å²) in [6, 6.07) is 3.38. The van der Waals surface area contributed by atoms with E-state index in [2.05, 4.69) is 0 Å². The molecular formula is C30H41F3O7. The van der Waals surface area contributed by atoms with Gasteiger partial charge in [0.1, 0.15) is 23.2 Å². The lowest BCUT2D eigenvalue weighted by atomic mass is 9.82. The van der Waals surface area contributed by atoms with Crippen molar-refractivity contribution in [3.63, 3.8) is 0 Å². The Hall–Kier alpha value is -1.88. The highest BCUT2D eigenvalue weighted by atomic mass is 19.4. The molecule has 0 amide bonds. The molecule has 40 heavy (non-hydrogen) atoms. The van der Waals surface area contributed by atoms with Crippen molar-refractivity contribution in [2.24, 2.45) is 23.7 Å². The fourth-order valence-electron chi connectivity index (χ4n) is 5.56. The maximum absolute atomic E-state index is 13.8. The van der Waals surface area contributed by atoms with Crippen LogP contribution in [0.15, 0.2) is 18.2 Å². The van der Waals surface area contributed by atoms with Gasteiger partial charge >= 0.3 is 12.1 Å². The van der Waals surface area contributed by atoms with Gasteiger partial charge in [-0.1, -0.05) is 0 Å². The van der Waals surface area contributed by atoms with Gasteiger partial charge in [-0.25, -0.2) is 0 Å². The number of epoxide rings is 1. The minimum absolute atomic E-state index is 0.0579. The van der Waals surface area contributed by atoms with Gasteiger partial charge in [0.05, 0.1) is 25.2 Å². The molecule has 1 atom stereocenters. The lowest BCUT2D eigenvalue weighted by molar-refractivity contribution is -0.143. The van der Waals surface area contributed by atoms with Crippen LogP contribution in [0.25, 0.3) is 0 Å². The number of ether oxygens (including phenoxy) is 6. The van der Waals surface area contributed by atoms with Gasteiger partial charge in [-0.2, -0.15) is 13.2 Å². The highest BCUT2D eigenvalue weighted by Crippen LogP contribution is 2.39. The summed E-state index contributed by atoms with van der Waals surface area (Å²) in [6.45, 7) is 3.38. The summed E-state index contributed by atoms with van der Waals surface area (Å²) >= 11 is 0. The summed E-state index contributed by atoms with van der Waals surface area (Å²) < 4.78 is 74.5. The fourth-order valence-corrected chi connectivity index (χ4v) is 5.56. The molecule has 1 aromatic carbocycles. The second kappa shape index (κ2) is 13.9. The molecule has 4 aliphatic rings. The zero-order valence-corrected chi connectivity index (χ0v) is 23.0. The van der Waals surface area contributed by atoms with Crippen LogP contribution in [0.3, 0.4) is 0 Å². The summed E-state index contributed by atoms with van der Waals surface area (Å²) in [5, 5.41) is 0. The number of rotatable bonds is 14. The average Bonchev–Trinajstić information content (AvgIpc) is 3.87. The number of hydrogen-bond donors (Lipinski definition) is 0. The van der Waals surface area contributed by atoms with Gasteiger partial charge in [-0.15, -0.1) is 0 Å². The third kappa shape index (κ3) is 9.33. The summed E-state index contributed by atoms with van der Waals surface area (Å²) in [5.74, 6) is 0.345. The molecule has 7 nitrogen and oxygen atoms in total. The van der Waals surface area contributed by atoms with Crippen molar-refractivity contribution in [1.82, 2.24) is 0 Å². The van der Waals surface area contributed by atoms with E-state index < -0.39 is 17.7 Å². The molecule has 10 heteroatoms. The first-order valence-electron chi connectivity index (χ1n) is 14.8. The van der Waals surface area contributed by atoms with Gasteiger partial charge in [0.2, 0.25) is 0 Å². The van der Waals surface area contributed by atoms with Crippen molar-refractivity contribution >= 4 is 5.97 Å². The molecule has 5 rings (SSSR count). The van der Waals surface area contributed by atoms with E-state index in [0.717, 1.165) is 63.7 Å². The van der Waals surface area contributed by atoms with Crippen molar-refractivity contribution in [3.8, 4) is 11.5 Å². The molecule has 1 aliphatic heterocycles. The predicted molar refractivity (Wildman–Crippen MR) is 139 cm³/mol. The van der Waals surface area contributed by atoms with E-state index in [9.17, 15) is 18.0 Å². The monoisotopic (exact) mass is 570 g/mol. The van der Waals surface area contributed by atoms with Gasteiger partial charge in [-0.3, -0.25) is 4.79 Å². The number of carbonyl (C=O) groups is 1. The van der Waals surface area contributed by atoms with E-state index in [1.165, 1.54) is 25.0 Å². The van der Waals surface area contributed by atoms with Crippen molar-refractivity contribution < 1.29 is 46.4 Å². The van der Waals surface area contributed by atoms with Crippen LogP contribution in [0.2, 0.25) is 0 Å². The molecule has 1 aromatic rings. The molecule has 1 heterocycles. The first-order valence-corrected chi connectivity index (χ1v) is 14.8. The Labute approximate surface area is 234 Å². The number of hydrogen-bond acceptors (Lipinski definition) is 7. The lowest BCUT2D eigenvalue weighted by Gasteiger charge is -2.28.